The fourth-order valence-corrected chi connectivity index (χ4v) is 1.56. The average molecular weight is 249 g/mol. The van der Waals surface area contributed by atoms with Gasteiger partial charge in [0.25, 0.3) is 0 Å². The van der Waals surface area contributed by atoms with Crippen LogP contribution in [0.25, 0.3) is 0 Å². The summed E-state index contributed by atoms with van der Waals surface area (Å²) >= 11 is 0. The van der Waals surface area contributed by atoms with Crippen LogP contribution in [0.4, 0.5) is 0 Å². The Hall–Kier alpha value is -1.88. The molecule has 0 bridgehead atoms. The molecule has 1 rings (SSSR count). The maximum Gasteiger partial charge on any atom is 0.249 e. The van der Waals surface area contributed by atoms with Crippen LogP contribution < -0.4 is 10.6 Å². The second-order valence-electron chi connectivity index (χ2n) is 4.17. The normalized spacial score (nSPS) is 11.7. The number of hydrogen-bond donors (Lipinski definition) is 2. The van der Waals surface area contributed by atoms with E-state index in [0.29, 0.717) is 0 Å². The lowest BCUT2D eigenvalue weighted by molar-refractivity contribution is -0.134. The molecule has 1 unspecified atom stereocenters. The first-order chi connectivity index (χ1) is 8.56. The molecule has 1 aromatic carbocycles. The van der Waals surface area contributed by atoms with E-state index in [4.69, 9.17) is 0 Å². The first-order valence-electron chi connectivity index (χ1n) is 5.76. The summed E-state index contributed by atoms with van der Waals surface area (Å²) in [6.45, 7) is 0.185. The monoisotopic (exact) mass is 249 g/mol. The third-order valence-electron chi connectivity index (χ3n) is 2.46. The minimum atomic E-state index is -0.637. The van der Waals surface area contributed by atoms with Crippen molar-refractivity contribution in [2.24, 2.45) is 0 Å². The fourth-order valence-electron chi connectivity index (χ4n) is 1.56. The molecule has 0 fully saturated rings. The summed E-state index contributed by atoms with van der Waals surface area (Å²) in [7, 11) is 5.02. The van der Waals surface area contributed by atoms with Gasteiger partial charge in [-0.15, -0.1) is 0 Å². The summed E-state index contributed by atoms with van der Waals surface area (Å²) < 4.78 is 0. The van der Waals surface area contributed by atoms with Gasteiger partial charge in [-0.05, 0) is 12.6 Å². The van der Waals surface area contributed by atoms with E-state index in [1.807, 2.05) is 30.3 Å². The lowest BCUT2D eigenvalue weighted by Crippen LogP contribution is -2.42. The van der Waals surface area contributed by atoms with Crippen molar-refractivity contribution in [1.82, 2.24) is 15.5 Å². The summed E-state index contributed by atoms with van der Waals surface area (Å²) in [5.74, 6) is -0.354. The standard InChI is InChI=1S/C13H19N3O2/c1-14-9-11(17)15-12(13(18)16(2)3)10-7-5-4-6-8-10/h4-8,12,14H,9H2,1-3H3,(H,15,17). The average Bonchev–Trinajstić information content (AvgIpc) is 2.36. The van der Waals surface area contributed by atoms with Gasteiger partial charge in [-0.2, -0.15) is 0 Å². The fraction of sp³-hybridized carbons (Fsp3) is 0.385. The second kappa shape index (κ2) is 6.76. The van der Waals surface area contributed by atoms with Crippen LogP contribution in [0.15, 0.2) is 30.3 Å². The number of rotatable bonds is 5. The third kappa shape index (κ3) is 3.85. The highest BCUT2D eigenvalue weighted by Crippen LogP contribution is 2.14. The molecular weight excluding hydrogens is 230 g/mol. The van der Waals surface area contributed by atoms with Crippen LogP contribution in [0, 0.1) is 0 Å². The van der Waals surface area contributed by atoms with Gasteiger partial charge in [0.2, 0.25) is 11.8 Å². The van der Waals surface area contributed by atoms with Gasteiger partial charge in [-0.1, -0.05) is 30.3 Å². The molecule has 0 aliphatic heterocycles. The van der Waals surface area contributed by atoms with Gasteiger partial charge in [-0.25, -0.2) is 0 Å². The zero-order chi connectivity index (χ0) is 13.5. The van der Waals surface area contributed by atoms with Gasteiger partial charge in [0.15, 0.2) is 0 Å². The van der Waals surface area contributed by atoms with Crippen LogP contribution >= 0.6 is 0 Å². The van der Waals surface area contributed by atoms with Gasteiger partial charge < -0.3 is 15.5 Å². The highest BCUT2D eigenvalue weighted by Gasteiger charge is 2.23. The molecule has 5 nitrogen and oxygen atoms in total. The Morgan fingerprint density at radius 1 is 1.22 bits per heavy atom. The van der Waals surface area contributed by atoms with E-state index in [-0.39, 0.29) is 18.4 Å². The van der Waals surface area contributed by atoms with Gasteiger partial charge in [0.1, 0.15) is 6.04 Å². The zero-order valence-electron chi connectivity index (χ0n) is 10.9. The predicted octanol–water partition coefficient (Wildman–Crippen LogP) is 0.152. The summed E-state index contributed by atoms with van der Waals surface area (Å²) in [6, 6.07) is 8.57. The van der Waals surface area contributed by atoms with Crippen molar-refractivity contribution >= 4 is 11.8 Å². The third-order valence-corrected chi connectivity index (χ3v) is 2.46. The van der Waals surface area contributed by atoms with Crippen molar-refractivity contribution in [3.63, 3.8) is 0 Å². The van der Waals surface area contributed by atoms with Gasteiger partial charge >= 0.3 is 0 Å². The molecule has 0 spiro atoms. The van der Waals surface area contributed by atoms with Crippen LogP contribution in [-0.4, -0.2) is 44.4 Å². The molecule has 0 aliphatic rings. The number of carbonyl (C=O) groups excluding carboxylic acids is 2. The van der Waals surface area contributed by atoms with Crippen LogP contribution in [0.2, 0.25) is 0 Å². The van der Waals surface area contributed by atoms with Crippen LogP contribution in [0.5, 0.6) is 0 Å². The van der Waals surface area contributed by atoms with Crippen molar-refractivity contribution in [2.75, 3.05) is 27.7 Å². The smallest absolute Gasteiger partial charge is 0.249 e. The predicted molar refractivity (Wildman–Crippen MR) is 69.9 cm³/mol. The van der Waals surface area contributed by atoms with E-state index < -0.39 is 6.04 Å². The number of hydrogen-bond acceptors (Lipinski definition) is 3. The highest BCUT2D eigenvalue weighted by atomic mass is 16.2. The van der Waals surface area contributed by atoms with Crippen molar-refractivity contribution in [3.05, 3.63) is 35.9 Å². The van der Waals surface area contributed by atoms with Crippen molar-refractivity contribution in [1.29, 1.82) is 0 Å². The highest BCUT2D eigenvalue weighted by molar-refractivity contribution is 5.89. The molecule has 1 aromatic rings. The van der Waals surface area contributed by atoms with Gasteiger partial charge in [0.05, 0.1) is 6.54 Å². The number of benzene rings is 1. The molecule has 2 N–H and O–H groups in total. The topological polar surface area (TPSA) is 61.4 Å². The second-order valence-corrected chi connectivity index (χ2v) is 4.17. The molecule has 98 valence electrons. The molecule has 0 aliphatic carbocycles. The molecule has 0 saturated heterocycles. The molecule has 1 atom stereocenters. The summed E-state index contributed by atoms with van der Waals surface area (Å²) in [5, 5.41) is 5.48. The van der Waals surface area contributed by atoms with Gasteiger partial charge in [-0.3, -0.25) is 9.59 Å². The maximum absolute atomic E-state index is 12.1. The van der Waals surface area contributed by atoms with Gasteiger partial charge in [0, 0.05) is 14.1 Å². The van der Waals surface area contributed by atoms with E-state index in [2.05, 4.69) is 10.6 Å². The van der Waals surface area contributed by atoms with Crippen molar-refractivity contribution in [3.8, 4) is 0 Å². The summed E-state index contributed by atoms with van der Waals surface area (Å²) in [5.41, 5.74) is 0.778. The minimum Gasteiger partial charge on any atom is -0.347 e. The van der Waals surface area contributed by atoms with E-state index in [1.165, 1.54) is 4.90 Å². The van der Waals surface area contributed by atoms with Crippen molar-refractivity contribution in [2.45, 2.75) is 6.04 Å². The van der Waals surface area contributed by atoms with E-state index in [1.54, 1.807) is 21.1 Å². The Labute approximate surface area is 107 Å². The van der Waals surface area contributed by atoms with Crippen LogP contribution in [0.1, 0.15) is 11.6 Å². The number of amides is 2. The molecule has 18 heavy (non-hydrogen) atoms. The first-order valence-corrected chi connectivity index (χ1v) is 5.76. The van der Waals surface area contributed by atoms with E-state index in [0.717, 1.165) is 5.56 Å². The largest absolute Gasteiger partial charge is 0.347 e. The molecule has 2 amide bonds. The maximum atomic E-state index is 12.1. The quantitative estimate of drug-likeness (QED) is 0.781. The number of carbonyl (C=O) groups is 2. The number of nitrogens with zero attached hydrogens (tertiary/aromatic N) is 1. The van der Waals surface area contributed by atoms with Crippen molar-refractivity contribution < 1.29 is 9.59 Å². The Morgan fingerprint density at radius 2 is 1.83 bits per heavy atom. The zero-order valence-corrected chi connectivity index (χ0v) is 10.9. The summed E-state index contributed by atoms with van der Waals surface area (Å²) in [4.78, 5) is 25.2. The molecule has 5 heteroatoms. The molecule has 0 saturated carbocycles. The lowest BCUT2D eigenvalue weighted by Gasteiger charge is -2.22. The Kier molecular flexibility index (Phi) is 5.32. The number of nitrogens with one attached hydrogen (secondary N) is 2. The minimum absolute atomic E-state index is 0.148. The Morgan fingerprint density at radius 3 is 2.33 bits per heavy atom. The lowest BCUT2D eigenvalue weighted by atomic mass is 10.1. The number of likely N-dealkylation sites (N-methyl/N-ethyl adjacent to an activating group) is 2. The molecule has 0 radical (unpaired) electrons. The Bertz CT molecular complexity index is 404. The van der Waals surface area contributed by atoms with E-state index in [9.17, 15) is 9.59 Å². The Balaban J connectivity index is 2.89. The molecular formula is C13H19N3O2. The first kappa shape index (κ1) is 14.2. The molecule has 0 heterocycles. The molecule has 0 aromatic heterocycles. The summed E-state index contributed by atoms with van der Waals surface area (Å²) in [6.07, 6.45) is 0. The SMILES string of the molecule is CNCC(=O)NC(C(=O)N(C)C)c1ccccc1. The van der Waals surface area contributed by atoms with Crippen LogP contribution in [-0.2, 0) is 9.59 Å². The van der Waals surface area contributed by atoms with E-state index >= 15 is 0 Å². The van der Waals surface area contributed by atoms with Crippen LogP contribution in [0.3, 0.4) is 0 Å².